The first-order valence-electron chi connectivity index (χ1n) is 4.93. The van der Waals surface area contributed by atoms with E-state index in [2.05, 4.69) is 15.9 Å². The number of aryl methyl sites for hydroxylation is 1. The van der Waals surface area contributed by atoms with Crippen molar-refractivity contribution < 1.29 is 8.42 Å². The van der Waals surface area contributed by atoms with Crippen molar-refractivity contribution in [1.82, 2.24) is 4.31 Å². The van der Waals surface area contributed by atoms with Crippen LogP contribution in [0.2, 0.25) is 0 Å². The lowest BCUT2D eigenvalue weighted by Crippen LogP contribution is -2.33. The van der Waals surface area contributed by atoms with Gasteiger partial charge in [0.25, 0.3) is 10.0 Å². The number of rotatable bonds is 2. The van der Waals surface area contributed by atoms with Crippen LogP contribution in [-0.4, -0.2) is 25.8 Å². The minimum atomic E-state index is -3.29. The van der Waals surface area contributed by atoms with E-state index in [1.54, 1.807) is 6.07 Å². The Kier molecular flexibility index (Phi) is 3.53. The Morgan fingerprint density at radius 3 is 2.69 bits per heavy atom. The molecule has 0 aromatic carbocycles. The molecule has 0 unspecified atom stereocenters. The molecule has 0 N–H and O–H groups in total. The van der Waals surface area contributed by atoms with Crippen molar-refractivity contribution in [3.05, 3.63) is 27.6 Å². The van der Waals surface area contributed by atoms with Gasteiger partial charge in [0.15, 0.2) is 0 Å². The quantitative estimate of drug-likeness (QED) is 0.785. The highest BCUT2D eigenvalue weighted by atomic mass is 79.9. The Morgan fingerprint density at radius 2 is 2.19 bits per heavy atom. The average molecular weight is 322 g/mol. The van der Waals surface area contributed by atoms with E-state index in [-0.39, 0.29) is 0 Å². The summed E-state index contributed by atoms with van der Waals surface area (Å²) >= 11 is 4.63. The average Bonchev–Trinajstić information content (AvgIpc) is 2.61. The van der Waals surface area contributed by atoms with Crippen molar-refractivity contribution >= 4 is 37.3 Å². The van der Waals surface area contributed by atoms with Crippen LogP contribution in [0.15, 0.2) is 26.2 Å². The molecule has 2 rings (SSSR count). The molecule has 16 heavy (non-hydrogen) atoms. The Hall–Kier alpha value is -0.170. The van der Waals surface area contributed by atoms with E-state index >= 15 is 0 Å². The van der Waals surface area contributed by atoms with Gasteiger partial charge in [-0.3, -0.25) is 0 Å². The van der Waals surface area contributed by atoms with E-state index in [1.165, 1.54) is 15.6 Å². The van der Waals surface area contributed by atoms with Gasteiger partial charge in [0.05, 0.1) is 3.79 Å². The van der Waals surface area contributed by atoms with Gasteiger partial charge in [0, 0.05) is 13.1 Å². The standard InChI is InChI=1S/C10H12BrNO2S2/c1-8-7-9(15-10(8)11)16(13,14)12-5-3-2-4-6-12/h2-3,7H,4-6H2,1H3. The normalized spacial score (nSPS) is 17.9. The first kappa shape index (κ1) is 12.3. The molecule has 0 saturated heterocycles. The maximum atomic E-state index is 12.2. The van der Waals surface area contributed by atoms with Crippen LogP contribution in [0.3, 0.4) is 0 Å². The zero-order chi connectivity index (χ0) is 11.8. The highest BCUT2D eigenvalue weighted by Crippen LogP contribution is 2.32. The van der Waals surface area contributed by atoms with Crippen LogP contribution >= 0.6 is 27.3 Å². The summed E-state index contributed by atoms with van der Waals surface area (Å²) in [4.78, 5) is 0. The fraction of sp³-hybridized carbons (Fsp3) is 0.400. The molecule has 2 heterocycles. The Labute approximate surface area is 108 Å². The Balaban J connectivity index is 2.34. The molecule has 0 aliphatic carbocycles. The van der Waals surface area contributed by atoms with Crippen molar-refractivity contribution in [2.45, 2.75) is 17.6 Å². The van der Waals surface area contributed by atoms with Gasteiger partial charge in [-0.25, -0.2) is 8.42 Å². The van der Waals surface area contributed by atoms with E-state index < -0.39 is 10.0 Å². The highest BCUT2D eigenvalue weighted by molar-refractivity contribution is 9.11. The lowest BCUT2D eigenvalue weighted by Gasteiger charge is -2.21. The smallest absolute Gasteiger partial charge is 0.206 e. The van der Waals surface area contributed by atoms with Crippen LogP contribution in [-0.2, 0) is 10.0 Å². The molecule has 6 heteroatoms. The zero-order valence-electron chi connectivity index (χ0n) is 8.81. The fourth-order valence-electron chi connectivity index (χ4n) is 1.52. The second-order valence-corrected chi connectivity index (χ2v) is 8.18. The maximum absolute atomic E-state index is 12.2. The van der Waals surface area contributed by atoms with Crippen molar-refractivity contribution in [3.63, 3.8) is 0 Å². The largest absolute Gasteiger partial charge is 0.252 e. The molecule has 88 valence electrons. The summed E-state index contributed by atoms with van der Waals surface area (Å²) in [5.74, 6) is 0. The van der Waals surface area contributed by atoms with E-state index in [0.29, 0.717) is 17.3 Å². The monoisotopic (exact) mass is 321 g/mol. The van der Waals surface area contributed by atoms with Crippen LogP contribution in [0.1, 0.15) is 12.0 Å². The topological polar surface area (TPSA) is 37.4 Å². The Bertz CT molecular complexity index is 499. The van der Waals surface area contributed by atoms with Gasteiger partial charge >= 0.3 is 0 Å². The predicted octanol–water partition coefficient (Wildman–Crippen LogP) is 2.77. The summed E-state index contributed by atoms with van der Waals surface area (Å²) in [5.41, 5.74) is 0.969. The molecule has 0 amide bonds. The molecule has 1 aliphatic rings. The zero-order valence-corrected chi connectivity index (χ0v) is 12.0. The molecule has 0 radical (unpaired) electrons. The molecule has 1 aromatic heterocycles. The Morgan fingerprint density at radius 1 is 1.44 bits per heavy atom. The number of hydrogen-bond donors (Lipinski definition) is 0. The summed E-state index contributed by atoms with van der Waals surface area (Å²) in [5, 5.41) is 0. The van der Waals surface area contributed by atoms with Gasteiger partial charge in [0.1, 0.15) is 4.21 Å². The number of nitrogens with zero attached hydrogens (tertiary/aromatic N) is 1. The molecule has 1 aromatic rings. The second kappa shape index (κ2) is 4.60. The maximum Gasteiger partial charge on any atom is 0.252 e. The van der Waals surface area contributed by atoms with Crippen LogP contribution in [0, 0.1) is 6.92 Å². The third kappa shape index (κ3) is 2.25. The van der Waals surface area contributed by atoms with E-state index in [0.717, 1.165) is 15.8 Å². The minimum Gasteiger partial charge on any atom is -0.206 e. The lowest BCUT2D eigenvalue weighted by molar-refractivity contribution is 0.439. The number of thiophene rings is 1. The molecule has 0 saturated carbocycles. The number of sulfonamides is 1. The summed E-state index contributed by atoms with van der Waals surface area (Å²) < 4.78 is 27.3. The summed E-state index contributed by atoms with van der Waals surface area (Å²) in [7, 11) is -3.29. The molecule has 0 atom stereocenters. The van der Waals surface area contributed by atoms with E-state index in [9.17, 15) is 8.42 Å². The first-order chi connectivity index (χ1) is 7.51. The van der Waals surface area contributed by atoms with E-state index in [1.807, 2.05) is 19.1 Å². The summed E-state index contributed by atoms with van der Waals surface area (Å²) in [6, 6.07) is 1.72. The molecule has 0 spiro atoms. The summed E-state index contributed by atoms with van der Waals surface area (Å²) in [6.07, 6.45) is 4.71. The SMILES string of the molecule is Cc1cc(S(=O)(=O)N2CC=CCC2)sc1Br. The van der Waals surface area contributed by atoms with Crippen LogP contribution in [0.4, 0.5) is 0 Å². The third-order valence-electron chi connectivity index (χ3n) is 2.45. The molecule has 0 fully saturated rings. The first-order valence-corrected chi connectivity index (χ1v) is 7.98. The van der Waals surface area contributed by atoms with Gasteiger partial charge in [-0.05, 0) is 40.9 Å². The lowest BCUT2D eigenvalue weighted by atomic mass is 10.3. The van der Waals surface area contributed by atoms with Gasteiger partial charge in [0.2, 0.25) is 0 Å². The minimum absolute atomic E-state index is 0.423. The van der Waals surface area contributed by atoms with Gasteiger partial charge in [-0.2, -0.15) is 4.31 Å². The summed E-state index contributed by atoms with van der Waals surface area (Å²) in [6.45, 7) is 2.96. The highest BCUT2D eigenvalue weighted by Gasteiger charge is 2.26. The van der Waals surface area contributed by atoms with Crippen LogP contribution < -0.4 is 0 Å². The van der Waals surface area contributed by atoms with Crippen LogP contribution in [0.5, 0.6) is 0 Å². The third-order valence-corrected chi connectivity index (χ3v) is 6.90. The number of hydrogen-bond acceptors (Lipinski definition) is 3. The van der Waals surface area contributed by atoms with Crippen molar-refractivity contribution in [1.29, 1.82) is 0 Å². The second-order valence-electron chi connectivity index (χ2n) is 3.65. The fourth-order valence-corrected chi connectivity index (χ4v) is 5.31. The van der Waals surface area contributed by atoms with Gasteiger partial charge in [-0.15, -0.1) is 11.3 Å². The molecular formula is C10H12BrNO2S2. The van der Waals surface area contributed by atoms with Gasteiger partial charge in [-0.1, -0.05) is 12.2 Å². The van der Waals surface area contributed by atoms with Gasteiger partial charge < -0.3 is 0 Å². The molecule has 3 nitrogen and oxygen atoms in total. The van der Waals surface area contributed by atoms with Crippen molar-refractivity contribution in [3.8, 4) is 0 Å². The molecule has 1 aliphatic heterocycles. The molecular weight excluding hydrogens is 310 g/mol. The van der Waals surface area contributed by atoms with Crippen LogP contribution in [0.25, 0.3) is 0 Å². The predicted molar refractivity (Wildman–Crippen MR) is 69.3 cm³/mol. The van der Waals surface area contributed by atoms with Crippen molar-refractivity contribution in [2.24, 2.45) is 0 Å². The van der Waals surface area contributed by atoms with Crippen molar-refractivity contribution in [2.75, 3.05) is 13.1 Å². The molecule has 0 bridgehead atoms. The van der Waals surface area contributed by atoms with E-state index in [4.69, 9.17) is 0 Å². The number of halogens is 1.